The van der Waals surface area contributed by atoms with E-state index in [2.05, 4.69) is 57.7 Å². The van der Waals surface area contributed by atoms with Gasteiger partial charge in [-0.1, -0.05) is 31.2 Å². The Morgan fingerprint density at radius 3 is 2.61 bits per heavy atom. The fraction of sp³-hybridized carbons (Fsp3) is 0.476. The Kier molecular flexibility index (Phi) is 5.62. The van der Waals surface area contributed by atoms with Crippen molar-refractivity contribution in [3.63, 3.8) is 0 Å². The Morgan fingerprint density at radius 2 is 1.86 bits per heavy atom. The molecule has 0 radical (unpaired) electrons. The Hall–Kier alpha value is -2.41. The van der Waals surface area contributed by atoms with Crippen molar-refractivity contribution in [2.75, 3.05) is 41.8 Å². The number of aromatic nitrogens is 2. The lowest BCUT2D eigenvalue weighted by atomic mass is 10.00. The summed E-state index contributed by atoms with van der Waals surface area (Å²) in [5.41, 5.74) is 2.81. The third-order valence-corrected chi connectivity index (χ3v) is 5.89. The number of thiocarbonyl (C=S) groups is 1. The van der Waals surface area contributed by atoms with E-state index < -0.39 is 0 Å². The van der Waals surface area contributed by atoms with E-state index in [-0.39, 0.29) is 0 Å². The van der Waals surface area contributed by atoms with E-state index in [1.807, 2.05) is 0 Å². The van der Waals surface area contributed by atoms with E-state index in [9.17, 15) is 0 Å². The number of piperidine rings is 1. The van der Waals surface area contributed by atoms with Crippen LogP contribution in [0.4, 0.5) is 17.6 Å². The maximum Gasteiger partial charge on any atom is 0.232 e. The van der Waals surface area contributed by atoms with Gasteiger partial charge < -0.3 is 20.4 Å². The molecule has 2 aliphatic rings. The minimum Gasteiger partial charge on any atom is -0.365 e. The van der Waals surface area contributed by atoms with Gasteiger partial charge in [0.15, 0.2) is 5.11 Å². The van der Waals surface area contributed by atoms with Gasteiger partial charge in [0, 0.05) is 39.3 Å². The molecular formula is C21H28N6S. The van der Waals surface area contributed by atoms with Crippen molar-refractivity contribution in [1.82, 2.24) is 15.3 Å². The Balaban J connectivity index is 1.64. The molecule has 148 valence electrons. The number of nitrogens with zero attached hydrogens (tertiary/aromatic N) is 4. The topological polar surface area (TPSA) is 56.3 Å². The predicted molar refractivity (Wildman–Crippen MR) is 119 cm³/mol. The number of benzene rings is 1. The molecular weight excluding hydrogens is 368 g/mol. The van der Waals surface area contributed by atoms with Gasteiger partial charge in [-0.3, -0.25) is 0 Å². The average Bonchev–Trinajstić information content (AvgIpc) is 2.73. The van der Waals surface area contributed by atoms with Gasteiger partial charge in [-0.2, -0.15) is 9.97 Å². The zero-order valence-electron chi connectivity index (χ0n) is 16.6. The summed E-state index contributed by atoms with van der Waals surface area (Å²) in [5.74, 6) is 3.18. The first-order valence-corrected chi connectivity index (χ1v) is 10.5. The number of hydrogen-bond donors (Lipinski definition) is 2. The molecule has 0 aliphatic carbocycles. The first kappa shape index (κ1) is 18.9. The van der Waals surface area contributed by atoms with Gasteiger partial charge in [-0.15, -0.1) is 0 Å². The molecule has 0 amide bonds. The number of fused-ring (bicyclic) bond motifs is 1. The standard InChI is InChI=1S/C21H28N6S/c1-15-6-5-10-26(13-15)18-12-19(24-20(23-18)25-21(28)22-2)27-11-9-16-7-3-4-8-17(16)14-27/h3-4,7-8,12,15H,5-6,9-11,13-14H2,1-2H3,(H2,22,23,24,25,28). The Labute approximate surface area is 172 Å². The van der Waals surface area contributed by atoms with Crippen molar-refractivity contribution in [1.29, 1.82) is 0 Å². The highest BCUT2D eigenvalue weighted by Gasteiger charge is 2.22. The molecule has 3 heterocycles. The summed E-state index contributed by atoms with van der Waals surface area (Å²) < 4.78 is 0. The van der Waals surface area contributed by atoms with Crippen LogP contribution in [0.2, 0.25) is 0 Å². The molecule has 28 heavy (non-hydrogen) atoms. The van der Waals surface area contributed by atoms with Crippen molar-refractivity contribution in [2.45, 2.75) is 32.7 Å². The molecule has 1 aromatic heterocycles. The molecule has 1 saturated heterocycles. The van der Waals surface area contributed by atoms with Gasteiger partial charge >= 0.3 is 0 Å². The molecule has 0 bridgehead atoms. The highest BCUT2D eigenvalue weighted by molar-refractivity contribution is 7.80. The monoisotopic (exact) mass is 396 g/mol. The molecule has 1 fully saturated rings. The summed E-state index contributed by atoms with van der Waals surface area (Å²) in [6.07, 6.45) is 3.52. The quantitative estimate of drug-likeness (QED) is 0.773. The van der Waals surface area contributed by atoms with Crippen molar-refractivity contribution in [3.8, 4) is 0 Å². The van der Waals surface area contributed by atoms with Crippen LogP contribution in [0.5, 0.6) is 0 Å². The molecule has 0 spiro atoms. The smallest absolute Gasteiger partial charge is 0.232 e. The first-order chi connectivity index (χ1) is 13.6. The fourth-order valence-corrected chi connectivity index (χ4v) is 4.15. The van der Waals surface area contributed by atoms with Crippen LogP contribution < -0.4 is 20.4 Å². The highest BCUT2D eigenvalue weighted by atomic mass is 32.1. The lowest BCUT2D eigenvalue weighted by Gasteiger charge is -2.34. The number of hydrogen-bond acceptors (Lipinski definition) is 5. The van der Waals surface area contributed by atoms with Crippen LogP contribution in [0.1, 0.15) is 30.9 Å². The SMILES string of the molecule is CNC(=S)Nc1nc(N2CCc3ccccc3C2)cc(N2CCCC(C)C2)n1. The maximum absolute atomic E-state index is 5.28. The summed E-state index contributed by atoms with van der Waals surface area (Å²) in [4.78, 5) is 14.3. The van der Waals surface area contributed by atoms with Crippen LogP contribution in [-0.2, 0) is 13.0 Å². The van der Waals surface area contributed by atoms with Gasteiger partial charge in [0.05, 0.1) is 0 Å². The maximum atomic E-state index is 5.28. The number of anilines is 3. The molecule has 2 aromatic rings. The zero-order chi connectivity index (χ0) is 19.5. The van der Waals surface area contributed by atoms with Crippen LogP contribution in [0.25, 0.3) is 0 Å². The van der Waals surface area contributed by atoms with E-state index >= 15 is 0 Å². The fourth-order valence-electron chi connectivity index (χ4n) is 4.05. The molecule has 7 heteroatoms. The van der Waals surface area contributed by atoms with Gasteiger partial charge in [0.1, 0.15) is 11.6 Å². The summed E-state index contributed by atoms with van der Waals surface area (Å²) in [7, 11) is 1.80. The third-order valence-electron chi connectivity index (χ3n) is 5.59. The molecule has 6 nitrogen and oxygen atoms in total. The lowest BCUT2D eigenvalue weighted by Crippen LogP contribution is -2.36. The summed E-state index contributed by atoms with van der Waals surface area (Å²) in [5, 5.41) is 6.60. The second kappa shape index (κ2) is 8.31. The van der Waals surface area contributed by atoms with Gasteiger partial charge in [-0.05, 0) is 48.5 Å². The molecule has 1 aromatic carbocycles. The van der Waals surface area contributed by atoms with Crippen LogP contribution >= 0.6 is 12.2 Å². The van der Waals surface area contributed by atoms with Crippen molar-refractivity contribution in [2.24, 2.45) is 5.92 Å². The van der Waals surface area contributed by atoms with E-state index in [1.165, 1.54) is 24.0 Å². The Morgan fingerprint density at radius 1 is 1.11 bits per heavy atom. The highest BCUT2D eigenvalue weighted by Crippen LogP contribution is 2.28. The van der Waals surface area contributed by atoms with Crippen LogP contribution in [0, 0.1) is 5.92 Å². The molecule has 1 atom stereocenters. The van der Waals surface area contributed by atoms with Crippen LogP contribution in [0.15, 0.2) is 30.3 Å². The van der Waals surface area contributed by atoms with Gasteiger partial charge in [-0.25, -0.2) is 0 Å². The zero-order valence-corrected chi connectivity index (χ0v) is 17.4. The van der Waals surface area contributed by atoms with E-state index in [0.717, 1.165) is 44.2 Å². The van der Waals surface area contributed by atoms with Crippen molar-refractivity contribution in [3.05, 3.63) is 41.5 Å². The van der Waals surface area contributed by atoms with Crippen molar-refractivity contribution >= 4 is 34.9 Å². The summed E-state index contributed by atoms with van der Waals surface area (Å²) in [6.45, 7) is 6.22. The van der Waals surface area contributed by atoms with Crippen LogP contribution in [0.3, 0.4) is 0 Å². The van der Waals surface area contributed by atoms with E-state index in [4.69, 9.17) is 22.2 Å². The second-order valence-electron chi connectivity index (χ2n) is 7.75. The third kappa shape index (κ3) is 4.19. The molecule has 2 aliphatic heterocycles. The molecule has 2 N–H and O–H groups in total. The molecule has 0 saturated carbocycles. The minimum atomic E-state index is 0.527. The largest absolute Gasteiger partial charge is 0.365 e. The summed E-state index contributed by atoms with van der Waals surface area (Å²) in [6, 6.07) is 10.8. The number of rotatable bonds is 3. The lowest BCUT2D eigenvalue weighted by molar-refractivity contribution is 0.444. The van der Waals surface area contributed by atoms with E-state index in [1.54, 1.807) is 7.05 Å². The average molecular weight is 397 g/mol. The second-order valence-corrected chi connectivity index (χ2v) is 8.15. The Bertz CT molecular complexity index is 855. The predicted octanol–water partition coefficient (Wildman–Crippen LogP) is 3.19. The van der Waals surface area contributed by atoms with Gasteiger partial charge in [0.25, 0.3) is 0 Å². The normalized spacial score (nSPS) is 19.1. The van der Waals surface area contributed by atoms with Crippen LogP contribution in [-0.4, -0.2) is 41.8 Å². The minimum absolute atomic E-state index is 0.527. The molecule has 4 rings (SSSR count). The first-order valence-electron chi connectivity index (χ1n) is 10.1. The molecule has 1 unspecified atom stereocenters. The van der Waals surface area contributed by atoms with Gasteiger partial charge in [0.2, 0.25) is 5.95 Å². The van der Waals surface area contributed by atoms with Crippen molar-refractivity contribution < 1.29 is 0 Å². The van der Waals surface area contributed by atoms with E-state index in [0.29, 0.717) is 17.0 Å². The summed E-state index contributed by atoms with van der Waals surface area (Å²) >= 11 is 5.28. The number of nitrogens with one attached hydrogen (secondary N) is 2.